The molecule has 39 heavy (non-hydrogen) atoms. The molecule has 1 aliphatic heterocycles. The molecule has 0 aliphatic carbocycles. The van der Waals surface area contributed by atoms with Crippen LogP contribution >= 0.6 is 0 Å². The number of carbonyl (C=O) groups excluding carboxylic acids is 1. The Hall–Kier alpha value is -4.20. The highest BCUT2D eigenvalue weighted by atomic mass is 16.3. The van der Waals surface area contributed by atoms with Crippen molar-refractivity contribution in [2.45, 2.75) is 32.4 Å². The van der Waals surface area contributed by atoms with Crippen LogP contribution in [0.15, 0.2) is 54.9 Å². The second-order valence-electron chi connectivity index (χ2n) is 9.89. The fraction of sp³-hybridized carbons (Fsp3) is 0.379. The predicted octanol–water partition coefficient (Wildman–Crippen LogP) is 3.01. The van der Waals surface area contributed by atoms with E-state index in [0.29, 0.717) is 49.7 Å². The van der Waals surface area contributed by atoms with Gasteiger partial charge in [0.05, 0.1) is 41.4 Å². The number of anilines is 1. The van der Waals surface area contributed by atoms with E-state index in [9.17, 15) is 25.4 Å². The smallest absolute Gasteiger partial charge is 0.274 e. The lowest BCUT2D eigenvalue weighted by Gasteiger charge is -2.44. The molecule has 1 saturated heterocycles. The largest absolute Gasteiger partial charge is 0.508 e. The van der Waals surface area contributed by atoms with Crippen molar-refractivity contribution >= 4 is 11.6 Å². The lowest BCUT2D eigenvalue weighted by molar-refractivity contribution is 0.00635. The number of aliphatic hydroxyl groups is 1. The molecule has 1 amide bonds. The van der Waals surface area contributed by atoms with Crippen molar-refractivity contribution in [2.75, 3.05) is 44.2 Å². The Kier molecular flexibility index (Phi) is 8.33. The highest BCUT2D eigenvalue weighted by Gasteiger charge is 2.35. The fourth-order valence-corrected chi connectivity index (χ4v) is 4.99. The van der Waals surface area contributed by atoms with Crippen molar-refractivity contribution in [3.63, 3.8) is 0 Å². The molecule has 2 aromatic carbocycles. The molecule has 204 valence electrons. The Balaban J connectivity index is 1.55. The van der Waals surface area contributed by atoms with Gasteiger partial charge in [-0.05, 0) is 56.7 Å². The molecule has 2 atom stereocenters. The van der Waals surface area contributed by atoms with E-state index in [-0.39, 0.29) is 35.7 Å². The van der Waals surface area contributed by atoms with Gasteiger partial charge >= 0.3 is 0 Å². The zero-order valence-corrected chi connectivity index (χ0v) is 22.4. The molecule has 4 rings (SSSR count). The van der Waals surface area contributed by atoms with E-state index in [1.54, 1.807) is 36.1 Å². The van der Waals surface area contributed by atoms with E-state index < -0.39 is 5.60 Å². The molecular weight excluding hydrogens is 496 g/mol. The Morgan fingerprint density at radius 2 is 1.82 bits per heavy atom. The number of piperazine rings is 1. The van der Waals surface area contributed by atoms with Crippen LogP contribution in [0.1, 0.15) is 54.1 Å². The lowest BCUT2D eigenvalue weighted by Crippen LogP contribution is -2.52. The maximum absolute atomic E-state index is 12.6. The summed E-state index contributed by atoms with van der Waals surface area (Å²) in [5.41, 5.74) is 1.19. The van der Waals surface area contributed by atoms with Gasteiger partial charge in [0.2, 0.25) is 0 Å². The first-order chi connectivity index (χ1) is 18.7. The van der Waals surface area contributed by atoms with E-state index in [4.69, 9.17) is 0 Å². The van der Waals surface area contributed by atoms with Gasteiger partial charge in [-0.15, -0.1) is 0 Å². The highest BCUT2D eigenvalue weighted by Crippen LogP contribution is 2.37. The van der Waals surface area contributed by atoms with E-state index >= 15 is 0 Å². The molecule has 0 saturated carbocycles. The first-order valence-electron chi connectivity index (χ1n) is 13.0. The topological polar surface area (TPSA) is 137 Å². The Labute approximate surface area is 228 Å². The van der Waals surface area contributed by atoms with E-state index in [0.717, 1.165) is 5.56 Å². The van der Waals surface area contributed by atoms with Gasteiger partial charge in [0.1, 0.15) is 22.8 Å². The summed E-state index contributed by atoms with van der Waals surface area (Å²) in [4.78, 5) is 27.1. The molecule has 1 aromatic heterocycles. The second-order valence-corrected chi connectivity index (χ2v) is 9.89. The number of hydrogen-bond donors (Lipinski definition) is 3. The van der Waals surface area contributed by atoms with Crippen molar-refractivity contribution in [2.24, 2.45) is 0 Å². The number of benzene rings is 2. The molecule has 2 heterocycles. The summed E-state index contributed by atoms with van der Waals surface area (Å²) in [6.45, 7) is 8.57. The second kappa shape index (κ2) is 11.7. The maximum atomic E-state index is 12.6. The third-order valence-corrected chi connectivity index (χ3v) is 7.16. The van der Waals surface area contributed by atoms with Crippen LogP contribution in [-0.4, -0.2) is 80.3 Å². The monoisotopic (exact) mass is 530 g/mol. The summed E-state index contributed by atoms with van der Waals surface area (Å²) >= 11 is 0. The summed E-state index contributed by atoms with van der Waals surface area (Å²) in [5.74, 6) is -0.0193. The normalized spacial score (nSPS) is 17.3. The van der Waals surface area contributed by atoms with Gasteiger partial charge in [-0.3, -0.25) is 14.7 Å². The average molecular weight is 531 g/mol. The van der Waals surface area contributed by atoms with Crippen LogP contribution in [0.4, 0.5) is 5.69 Å². The zero-order chi connectivity index (χ0) is 28.2. The third-order valence-electron chi connectivity index (χ3n) is 7.16. The number of amides is 1. The van der Waals surface area contributed by atoms with Crippen LogP contribution in [0.25, 0.3) is 0 Å². The number of nitriles is 1. The van der Waals surface area contributed by atoms with Crippen molar-refractivity contribution in [1.82, 2.24) is 19.8 Å². The number of aromatic hydroxyl groups is 2. The van der Waals surface area contributed by atoms with Crippen LogP contribution in [0, 0.1) is 11.3 Å². The third kappa shape index (κ3) is 6.11. The summed E-state index contributed by atoms with van der Waals surface area (Å²) < 4.78 is 0. The van der Waals surface area contributed by atoms with Gasteiger partial charge in [0.25, 0.3) is 5.91 Å². The number of β-amino-alcohol motifs (C(OH)–C–C–N with tert-alkyl or cyclic N) is 1. The number of rotatable bonds is 8. The van der Waals surface area contributed by atoms with Gasteiger partial charge in [-0.2, -0.15) is 5.26 Å². The Bertz CT molecular complexity index is 1330. The van der Waals surface area contributed by atoms with E-state index in [1.165, 1.54) is 18.5 Å². The van der Waals surface area contributed by atoms with Crippen molar-refractivity contribution in [1.29, 1.82) is 5.26 Å². The summed E-state index contributed by atoms with van der Waals surface area (Å²) in [6.07, 6.45) is 2.87. The van der Waals surface area contributed by atoms with Crippen molar-refractivity contribution in [3.05, 3.63) is 77.4 Å². The quantitative estimate of drug-likeness (QED) is 0.401. The number of phenolic OH excluding ortho intramolecular Hbond substituents is 2. The summed E-state index contributed by atoms with van der Waals surface area (Å²) in [6, 6.07) is 13.6. The number of hydrogen-bond acceptors (Lipinski definition) is 9. The number of carbonyl (C=O) groups is 1. The Morgan fingerprint density at radius 3 is 2.41 bits per heavy atom. The zero-order valence-electron chi connectivity index (χ0n) is 22.4. The van der Waals surface area contributed by atoms with Crippen molar-refractivity contribution in [3.8, 4) is 17.6 Å². The molecule has 10 heteroatoms. The molecule has 0 radical (unpaired) electrons. The van der Waals surface area contributed by atoms with Crippen LogP contribution in [0.5, 0.6) is 11.5 Å². The van der Waals surface area contributed by atoms with Gasteiger partial charge < -0.3 is 25.1 Å². The molecule has 0 bridgehead atoms. The molecule has 10 nitrogen and oxygen atoms in total. The molecule has 3 N–H and O–H groups in total. The maximum Gasteiger partial charge on any atom is 0.274 e. The number of aromatic nitrogens is 2. The SMILES string of the molecule is CCN(CC)C(=O)c1cnc([C@](C)(O)CN2CCN(c3ccc(C#N)cc3O)[C@H](c3ccc(O)cc3)C2)cn1. The Morgan fingerprint density at radius 1 is 1.10 bits per heavy atom. The van der Waals surface area contributed by atoms with Gasteiger partial charge in [-0.25, -0.2) is 4.98 Å². The minimum Gasteiger partial charge on any atom is -0.508 e. The van der Waals surface area contributed by atoms with E-state index in [2.05, 4.69) is 19.8 Å². The lowest BCUT2D eigenvalue weighted by atomic mass is 9.97. The van der Waals surface area contributed by atoms with E-state index in [1.807, 2.05) is 32.0 Å². The highest BCUT2D eigenvalue weighted by molar-refractivity contribution is 5.91. The first kappa shape index (κ1) is 27.8. The minimum atomic E-state index is -1.33. The van der Waals surface area contributed by atoms with Crippen LogP contribution in [0.2, 0.25) is 0 Å². The fourth-order valence-electron chi connectivity index (χ4n) is 4.99. The summed E-state index contributed by atoms with van der Waals surface area (Å²) in [7, 11) is 0. The summed E-state index contributed by atoms with van der Waals surface area (Å²) in [5, 5.41) is 41.1. The van der Waals surface area contributed by atoms with Crippen LogP contribution in [0.3, 0.4) is 0 Å². The van der Waals surface area contributed by atoms with Gasteiger partial charge in [0.15, 0.2) is 0 Å². The first-order valence-corrected chi connectivity index (χ1v) is 13.0. The molecule has 0 spiro atoms. The average Bonchev–Trinajstić information content (AvgIpc) is 2.94. The minimum absolute atomic E-state index is 0.0212. The van der Waals surface area contributed by atoms with Crippen LogP contribution in [-0.2, 0) is 5.60 Å². The molecule has 0 unspecified atom stereocenters. The van der Waals surface area contributed by atoms with Gasteiger partial charge in [-0.1, -0.05) is 12.1 Å². The van der Waals surface area contributed by atoms with Gasteiger partial charge in [0, 0.05) is 39.3 Å². The number of phenols is 2. The standard InChI is InChI=1S/C29H34N6O4/c1-4-34(5-2)28(38)23-16-32-27(17-31-23)29(3,39)19-33-12-13-35(24-11-6-20(15-30)14-26(24)37)25(18-33)21-7-9-22(36)10-8-21/h6-11,14,16-17,25,36-37,39H,4-5,12-13,18-19H2,1-3H3/t25-,29+/m0/s1. The molecule has 3 aromatic rings. The van der Waals surface area contributed by atoms with Crippen molar-refractivity contribution < 1.29 is 20.1 Å². The molecule has 1 aliphatic rings. The predicted molar refractivity (Wildman–Crippen MR) is 146 cm³/mol. The molecular formula is C29H34N6O4. The van der Waals surface area contributed by atoms with Crippen LogP contribution < -0.4 is 4.90 Å². The number of nitrogens with zero attached hydrogens (tertiary/aromatic N) is 6. The molecule has 1 fully saturated rings.